The van der Waals surface area contributed by atoms with Gasteiger partial charge >= 0.3 is 0 Å². The number of benzene rings is 1. The Balaban J connectivity index is 2.35. The first-order valence-corrected chi connectivity index (χ1v) is 5.20. The van der Waals surface area contributed by atoms with Gasteiger partial charge in [0.1, 0.15) is 0 Å². The van der Waals surface area contributed by atoms with E-state index < -0.39 is 5.91 Å². The Morgan fingerprint density at radius 1 is 1.12 bits per heavy atom. The van der Waals surface area contributed by atoms with E-state index in [4.69, 9.17) is 5.73 Å². The van der Waals surface area contributed by atoms with Gasteiger partial charge in [-0.25, -0.2) is 9.97 Å². The zero-order valence-corrected chi connectivity index (χ0v) is 8.92. The van der Waals surface area contributed by atoms with E-state index in [1.165, 1.54) is 6.20 Å². The summed E-state index contributed by atoms with van der Waals surface area (Å²) in [6.45, 7) is 0. The third-order valence-corrected chi connectivity index (χ3v) is 2.70. The molecule has 2 aliphatic rings. The van der Waals surface area contributed by atoms with Crippen LogP contribution in [0.3, 0.4) is 0 Å². The van der Waals surface area contributed by atoms with Crippen LogP contribution in [0.1, 0.15) is 10.4 Å². The van der Waals surface area contributed by atoms with Crippen LogP contribution in [0.5, 0.6) is 0 Å². The van der Waals surface area contributed by atoms with Gasteiger partial charge < -0.3 is 5.73 Å². The van der Waals surface area contributed by atoms with Gasteiger partial charge in [0.2, 0.25) is 5.91 Å². The molecule has 0 aromatic heterocycles. The highest BCUT2D eigenvalue weighted by molar-refractivity contribution is 5.97. The lowest BCUT2D eigenvalue weighted by atomic mass is 10.1. The molecule has 0 radical (unpaired) electrons. The summed E-state index contributed by atoms with van der Waals surface area (Å²) in [5, 5.41) is 1.03. The molecule has 4 heteroatoms. The molecule has 0 unspecified atom stereocenters. The van der Waals surface area contributed by atoms with Gasteiger partial charge in [-0.15, -0.1) is 0 Å². The van der Waals surface area contributed by atoms with Crippen molar-refractivity contribution < 1.29 is 4.79 Å². The van der Waals surface area contributed by atoms with Crippen molar-refractivity contribution in [1.82, 2.24) is 9.97 Å². The van der Waals surface area contributed by atoms with E-state index in [9.17, 15) is 4.79 Å². The molecule has 2 N–H and O–H groups in total. The van der Waals surface area contributed by atoms with Gasteiger partial charge in [-0.1, -0.05) is 18.2 Å². The molecule has 0 spiro atoms. The molecular formula is C13H9N3O. The number of nitrogens with two attached hydrogens (primary N) is 1. The fraction of sp³-hybridized carbons (Fsp3) is 0. The highest BCUT2D eigenvalue weighted by Gasteiger charge is 2.11. The van der Waals surface area contributed by atoms with Gasteiger partial charge in [-0.05, 0) is 18.2 Å². The molecular weight excluding hydrogens is 214 g/mol. The summed E-state index contributed by atoms with van der Waals surface area (Å²) in [5.74, 6) is 0.137. The van der Waals surface area contributed by atoms with Crippen LogP contribution < -0.4 is 5.73 Å². The maximum atomic E-state index is 11.1. The largest absolute Gasteiger partial charge is 0.366 e. The Labute approximate surface area is 97.5 Å². The fourth-order valence-corrected chi connectivity index (χ4v) is 1.85. The zero-order chi connectivity index (χ0) is 11.8. The number of carbonyl (C=O) groups excluding carboxylic acids is 1. The second kappa shape index (κ2) is 3.52. The Kier molecular flexibility index (Phi) is 2.01. The number of fused-ring (bicyclic) bond motifs is 3. The summed E-state index contributed by atoms with van der Waals surface area (Å²) in [7, 11) is 0. The highest BCUT2D eigenvalue weighted by Crippen LogP contribution is 2.28. The minimum atomic E-state index is -0.487. The van der Waals surface area contributed by atoms with Crippen LogP contribution in [0.4, 0.5) is 0 Å². The van der Waals surface area contributed by atoms with E-state index in [1.54, 1.807) is 6.07 Å². The second-order valence-corrected chi connectivity index (χ2v) is 3.78. The van der Waals surface area contributed by atoms with Gasteiger partial charge in [0.05, 0.1) is 11.1 Å². The molecule has 2 aliphatic heterocycles. The summed E-state index contributed by atoms with van der Waals surface area (Å²) in [6, 6.07) is 11.3. The smallest absolute Gasteiger partial charge is 0.250 e. The van der Waals surface area contributed by atoms with Gasteiger partial charge in [-0.2, -0.15) is 0 Å². The number of carbonyl (C=O) groups is 1. The van der Waals surface area contributed by atoms with E-state index in [0.29, 0.717) is 11.4 Å². The van der Waals surface area contributed by atoms with Gasteiger partial charge in [-0.3, -0.25) is 4.79 Å². The lowest BCUT2D eigenvalue weighted by Gasteiger charge is -1.88. The molecule has 0 atom stereocenters. The summed E-state index contributed by atoms with van der Waals surface area (Å²) >= 11 is 0. The quantitative estimate of drug-likeness (QED) is 0.684. The number of rotatable bonds is 1. The minimum Gasteiger partial charge on any atom is -0.366 e. The van der Waals surface area contributed by atoms with Crippen molar-refractivity contribution in [3.8, 4) is 11.4 Å². The van der Waals surface area contributed by atoms with Gasteiger partial charge in [0, 0.05) is 17.1 Å². The minimum absolute atomic E-state index is 0.382. The molecule has 3 rings (SSSR count). The highest BCUT2D eigenvalue weighted by atomic mass is 16.1. The predicted octanol–water partition coefficient (Wildman–Crippen LogP) is 1.83. The van der Waals surface area contributed by atoms with Crippen LogP contribution in [-0.4, -0.2) is 15.9 Å². The van der Waals surface area contributed by atoms with Crippen molar-refractivity contribution in [2.75, 3.05) is 0 Å². The molecule has 17 heavy (non-hydrogen) atoms. The normalized spacial score (nSPS) is 10.8. The number of nitrogens with zero attached hydrogens (tertiary/aromatic N) is 2. The maximum Gasteiger partial charge on any atom is 0.250 e. The molecule has 1 amide bonds. The SMILES string of the molecule is NC(=O)c1ccc2c3ccccc3nc-2nc1. The first-order valence-electron chi connectivity index (χ1n) is 5.20. The number of aromatic nitrogens is 2. The first-order chi connectivity index (χ1) is 8.25. The molecule has 0 bridgehead atoms. The summed E-state index contributed by atoms with van der Waals surface area (Å²) in [6.07, 6.45) is 1.45. The standard InChI is InChI=1S/C13H9N3O/c14-12(17)8-5-6-10-9-3-1-2-4-11(9)16-13(10)15-7-8/h1-7H,(H2,14,17). The second-order valence-electron chi connectivity index (χ2n) is 3.78. The van der Waals surface area contributed by atoms with Crippen LogP contribution in [-0.2, 0) is 0 Å². The topological polar surface area (TPSA) is 68.9 Å². The average Bonchev–Trinajstić information content (AvgIpc) is 2.53. The molecule has 0 saturated carbocycles. The molecule has 0 fully saturated rings. The van der Waals surface area contributed by atoms with Gasteiger partial charge in [0.15, 0.2) is 5.82 Å². The van der Waals surface area contributed by atoms with Crippen molar-refractivity contribution >= 4 is 16.8 Å². The van der Waals surface area contributed by atoms with Crippen molar-refractivity contribution in [2.24, 2.45) is 5.73 Å². The summed E-state index contributed by atoms with van der Waals surface area (Å²) in [5.41, 5.74) is 7.42. The Bertz CT molecular complexity index is 693. The maximum absolute atomic E-state index is 11.1. The molecule has 0 saturated heterocycles. The van der Waals surface area contributed by atoms with E-state index >= 15 is 0 Å². The fourth-order valence-electron chi connectivity index (χ4n) is 1.85. The summed E-state index contributed by atoms with van der Waals surface area (Å²) < 4.78 is 0. The van der Waals surface area contributed by atoms with Crippen LogP contribution in [0, 0.1) is 0 Å². The van der Waals surface area contributed by atoms with E-state index in [-0.39, 0.29) is 0 Å². The van der Waals surface area contributed by atoms with E-state index in [2.05, 4.69) is 9.97 Å². The third-order valence-electron chi connectivity index (χ3n) is 2.70. The third kappa shape index (κ3) is 1.50. The zero-order valence-electron chi connectivity index (χ0n) is 8.92. The van der Waals surface area contributed by atoms with Crippen LogP contribution in [0.15, 0.2) is 42.6 Å². The van der Waals surface area contributed by atoms with Crippen molar-refractivity contribution in [2.45, 2.75) is 0 Å². The number of hydrogen-bond acceptors (Lipinski definition) is 3. The van der Waals surface area contributed by atoms with Crippen LogP contribution in [0.2, 0.25) is 0 Å². The average molecular weight is 223 g/mol. The molecule has 1 aromatic rings. The van der Waals surface area contributed by atoms with E-state index in [1.807, 2.05) is 30.3 Å². The number of hydrogen-bond donors (Lipinski definition) is 1. The first kappa shape index (κ1) is 9.72. The van der Waals surface area contributed by atoms with Gasteiger partial charge in [0.25, 0.3) is 0 Å². The molecule has 82 valence electrons. The van der Waals surface area contributed by atoms with Crippen molar-refractivity contribution in [3.05, 3.63) is 48.2 Å². The lowest BCUT2D eigenvalue weighted by molar-refractivity contribution is 0.1000. The predicted molar refractivity (Wildman–Crippen MR) is 64.7 cm³/mol. The summed E-state index contributed by atoms with van der Waals surface area (Å²) in [4.78, 5) is 19.6. The number of primary amides is 1. The molecule has 0 aliphatic carbocycles. The monoisotopic (exact) mass is 223 g/mol. The Morgan fingerprint density at radius 2 is 1.94 bits per heavy atom. The van der Waals surface area contributed by atoms with E-state index in [0.717, 1.165) is 16.5 Å². The van der Waals surface area contributed by atoms with Crippen LogP contribution in [0.25, 0.3) is 22.3 Å². The van der Waals surface area contributed by atoms with Crippen LogP contribution >= 0.6 is 0 Å². The lowest BCUT2D eigenvalue weighted by Crippen LogP contribution is -2.09. The van der Waals surface area contributed by atoms with Crippen molar-refractivity contribution in [1.29, 1.82) is 0 Å². The molecule has 1 aromatic carbocycles. The molecule has 2 heterocycles. The number of amides is 1. The number of para-hydroxylation sites is 1. The van der Waals surface area contributed by atoms with Crippen molar-refractivity contribution in [3.63, 3.8) is 0 Å². The Hall–Kier alpha value is -2.49. The Morgan fingerprint density at radius 3 is 2.76 bits per heavy atom. The molecule has 4 nitrogen and oxygen atoms in total.